The number of aliphatic hydroxyl groups excluding tert-OH is 1. The fraction of sp³-hybridized carbons (Fsp3) is 0.200. The van der Waals surface area contributed by atoms with Gasteiger partial charge in [0.15, 0.2) is 0 Å². The number of Topliss-reactive ketones (excluding diaryl/α,β-unsaturated/α-hetero) is 1. The molecule has 0 radical (unpaired) electrons. The topological polar surface area (TPSA) is 92.6 Å². The Kier molecular flexibility index (Phi) is 6.26. The predicted molar refractivity (Wildman–Crippen MR) is 119 cm³/mol. The molecule has 1 amide bonds. The molecule has 0 aliphatic carbocycles. The first-order valence-corrected chi connectivity index (χ1v) is 10.4. The summed E-state index contributed by atoms with van der Waals surface area (Å²) in [7, 11) is 0. The third kappa shape index (κ3) is 4.23. The predicted octanol–water partition coefficient (Wildman–Crippen LogP) is 3.89. The number of likely N-dealkylation sites (tertiary alicyclic amines) is 1. The highest BCUT2D eigenvalue weighted by Gasteiger charge is 2.46. The number of ketones is 1. The van der Waals surface area contributed by atoms with E-state index in [1.54, 1.807) is 67.3 Å². The molecule has 1 N–H and O–H groups in total. The van der Waals surface area contributed by atoms with Crippen molar-refractivity contribution < 1.29 is 19.4 Å². The number of benzene rings is 1. The number of hydrogen-bond acceptors (Lipinski definition) is 6. The van der Waals surface area contributed by atoms with Crippen molar-refractivity contribution in [1.82, 2.24) is 14.9 Å². The second-order valence-corrected chi connectivity index (χ2v) is 7.44. The minimum Gasteiger partial charge on any atom is -0.507 e. The average Bonchev–Trinajstić information content (AvgIpc) is 3.09. The average molecular weight is 429 g/mol. The number of carbonyl (C=O) groups is 2. The van der Waals surface area contributed by atoms with Gasteiger partial charge in [0.2, 0.25) is 0 Å². The lowest BCUT2D eigenvalue weighted by atomic mass is 9.96. The van der Waals surface area contributed by atoms with Crippen molar-refractivity contribution in [3.05, 3.63) is 95.6 Å². The molecule has 1 saturated heterocycles. The number of hydrogen-bond donors (Lipinski definition) is 1. The third-order valence-corrected chi connectivity index (χ3v) is 5.24. The van der Waals surface area contributed by atoms with Crippen molar-refractivity contribution in [3.8, 4) is 5.75 Å². The third-order valence-electron chi connectivity index (χ3n) is 5.24. The molecule has 3 aromatic rings. The molecule has 4 rings (SSSR count). The zero-order valence-corrected chi connectivity index (χ0v) is 17.6. The van der Waals surface area contributed by atoms with Crippen LogP contribution in [-0.2, 0) is 16.1 Å². The Morgan fingerprint density at radius 3 is 2.44 bits per heavy atom. The van der Waals surface area contributed by atoms with Crippen molar-refractivity contribution in [2.75, 3.05) is 6.61 Å². The SMILES string of the molecule is CCCOc1ccc(/C(O)=C2/C(=O)C(=O)N(Cc3cccnc3)C2c2ccncc2)cc1. The summed E-state index contributed by atoms with van der Waals surface area (Å²) in [5, 5.41) is 11.1. The molecular formula is C25H23N3O4. The summed E-state index contributed by atoms with van der Waals surface area (Å²) in [5.74, 6) is -0.938. The second-order valence-electron chi connectivity index (χ2n) is 7.44. The normalized spacial score (nSPS) is 17.5. The minimum atomic E-state index is -0.741. The van der Waals surface area contributed by atoms with Gasteiger partial charge < -0.3 is 14.7 Å². The fourth-order valence-electron chi connectivity index (χ4n) is 3.71. The van der Waals surface area contributed by atoms with E-state index in [4.69, 9.17) is 4.74 Å². The number of amides is 1. The summed E-state index contributed by atoms with van der Waals surface area (Å²) in [6.45, 7) is 2.79. The van der Waals surface area contributed by atoms with E-state index < -0.39 is 17.7 Å². The number of rotatable bonds is 7. The van der Waals surface area contributed by atoms with Gasteiger partial charge in [0.25, 0.3) is 11.7 Å². The molecule has 32 heavy (non-hydrogen) atoms. The number of carbonyl (C=O) groups excluding carboxylic acids is 2. The van der Waals surface area contributed by atoms with Crippen LogP contribution in [-0.4, -0.2) is 38.3 Å². The van der Waals surface area contributed by atoms with Gasteiger partial charge in [-0.05, 0) is 60.0 Å². The van der Waals surface area contributed by atoms with E-state index in [1.165, 1.54) is 4.90 Å². The fourth-order valence-corrected chi connectivity index (χ4v) is 3.71. The summed E-state index contributed by atoms with van der Waals surface area (Å²) in [5.41, 5.74) is 1.96. The Morgan fingerprint density at radius 2 is 1.78 bits per heavy atom. The van der Waals surface area contributed by atoms with Crippen LogP contribution in [0.5, 0.6) is 5.75 Å². The second kappa shape index (κ2) is 9.43. The quantitative estimate of drug-likeness (QED) is 0.348. The Labute approximate surface area is 186 Å². The lowest BCUT2D eigenvalue weighted by Gasteiger charge is -2.25. The van der Waals surface area contributed by atoms with E-state index in [1.807, 2.05) is 13.0 Å². The standard InChI is InChI=1S/C25H23N3O4/c1-2-14-32-20-7-5-19(6-8-20)23(29)21-22(18-9-12-26-13-10-18)28(25(31)24(21)30)16-17-4-3-11-27-15-17/h3-13,15,22,29H,2,14,16H2,1H3/b23-21-. The highest BCUT2D eigenvalue weighted by atomic mass is 16.5. The van der Waals surface area contributed by atoms with Crippen molar-refractivity contribution in [2.24, 2.45) is 0 Å². The van der Waals surface area contributed by atoms with Gasteiger partial charge in [-0.2, -0.15) is 0 Å². The minimum absolute atomic E-state index is 0.0484. The van der Waals surface area contributed by atoms with Gasteiger partial charge >= 0.3 is 0 Å². The molecule has 1 aromatic carbocycles. The molecule has 7 nitrogen and oxygen atoms in total. The highest BCUT2D eigenvalue weighted by Crippen LogP contribution is 2.40. The highest BCUT2D eigenvalue weighted by molar-refractivity contribution is 6.46. The van der Waals surface area contributed by atoms with Gasteiger partial charge in [-0.25, -0.2) is 0 Å². The van der Waals surface area contributed by atoms with Gasteiger partial charge in [-0.15, -0.1) is 0 Å². The maximum absolute atomic E-state index is 13.0. The maximum Gasteiger partial charge on any atom is 0.295 e. The van der Waals surface area contributed by atoms with Crippen LogP contribution in [0.15, 0.2) is 78.9 Å². The molecule has 0 bridgehead atoms. The first-order chi connectivity index (χ1) is 15.6. The Bertz CT molecular complexity index is 1130. The van der Waals surface area contributed by atoms with E-state index in [0.29, 0.717) is 23.5 Å². The Morgan fingerprint density at radius 1 is 1.03 bits per heavy atom. The monoisotopic (exact) mass is 429 g/mol. The van der Waals surface area contributed by atoms with Crippen molar-refractivity contribution >= 4 is 17.4 Å². The summed E-state index contributed by atoms with van der Waals surface area (Å²) in [4.78, 5) is 35.6. The van der Waals surface area contributed by atoms with E-state index in [2.05, 4.69) is 9.97 Å². The molecule has 0 saturated carbocycles. The largest absolute Gasteiger partial charge is 0.507 e. The van der Waals surface area contributed by atoms with Crippen LogP contribution < -0.4 is 4.74 Å². The Balaban J connectivity index is 1.76. The number of ether oxygens (including phenoxy) is 1. The van der Waals surface area contributed by atoms with Gasteiger partial charge in [0.1, 0.15) is 11.5 Å². The molecule has 1 fully saturated rings. The van der Waals surface area contributed by atoms with Gasteiger partial charge in [-0.3, -0.25) is 19.6 Å². The van der Waals surface area contributed by atoms with Crippen molar-refractivity contribution in [1.29, 1.82) is 0 Å². The van der Waals surface area contributed by atoms with Crippen LogP contribution in [0.1, 0.15) is 36.1 Å². The van der Waals surface area contributed by atoms with Gasteiger partial charge in [0, 0.05) is 36.9 Å². The zero-order valence-electron chi connectivity index (χ0n) is 17.6. The van der Waals surface area contributed by atoms with Crippen LogP contribution >= 0.6 is 0 Å². The van der Waals surface area contributed by atoms with E-state index >= 15 is 0 Å². The van der Waals surface area contributed by atoms with Crippen LogP contribution in [0.3, 0.4) is 0 Å². The van der Waals surface area contributed by atoms with Gasteiger partial charge in [0.05, 0.1) is 18.2 Å². The molecule has 1 unspecified atom stereocenters. The number of aliphatic hydroxyl groups is 1. The molecule has 1 aliphatic rings. The molecule has 162 valence electrons. The lowest BCUT2D eigenvalue weighted by Crippen LogP contribution is -2.29. The van der Waals surface area contributed by atoms with Crippen LogP contribution in [0.2, 0.25) is 0 Å². The lowest BCUT2D eigenvalue weighted by molar-refractivity contribution is -0.140. The first-order valence-electron chi connectivity index (χ1n) is 10.4. The molecular weight excluding hydrogens is 406 g/mol. The van der Waals surface area contributed by atoms with Crippen molar-refractivity contribution in [2.45, 2.75) is 25.9 Å². The first kappa shape index (κ1) is 21.2. The maximum atomic E-state index is 13.0. The molecule has 7 heteroatoms. The van der Waals surface area contributed by atoms with E-state index in [9.17, 15) is 14.7 Å². The molecule has 1 aliphatic heterocycles. The molecule has 1 atom stereocenters. The number of nitrogens with zero attached hydrogens (tertiary/aromatic N) is 3. The van der Waals surface area contributed by atoms with Crippen molar-refractivity contribution in [3.63, 3.8) is 0 Å². The zero-order chi connectivity index (χ0) is 22.5. The summed E-state index contributed by atoms with van der Waals surface area (Å²) >= 11 is 0. The van der Waals surface area contributed by atoms with Crippen LogP contribution in [0.4, 0.5) is 0 Å². The summed E-state index contributed by atoms with van der Waals surface area (Å²) < 4.78 is 5.59. The number of pyridine rings is 2. The summed E-state index contributed by atoms with van der Waals surface area (Å²) in [6, 6.07) is 13.2. The van der Waals surface area contributed by atoms with Crippen LogP contribution in [0.25, 0.3) is 5.76 Å². The molecule has 2 aromatic heterocycles. The summed E-state index contributed by atoms with van der Waals surface area (Å²) in [6.07, 6.45) is 7.37. The number of aromatic nitrogens is 2. The van der Waals surface area contributed by atoms with E-state index in [0.717, 1.165) is 12.0 Å². The van der Waals surface area contributed by atoms with E-state index in [-0.39, 0.29) is 17.9 Å². The smallest absolute Gasteiger partial charge is 0.295 e. The molecule has 0 spiro atoms. The van der Waals surface area contributed by atoms with Gasteiger partial charge in [-0.1, -0.05) is 13.0 Å². The van der Waals surface area contributed by atoms with Crippen LogP contribution in [0, 0.1) is 0 Å². The Hall–Kier alpha value is -4.00. The molecule has 3 heterocycles.